The van der Waals surface area contributed by atoms with E-state index in [2.05, 4.69) is 10.1 Å². The molecule has 0 spiro atoms. The molecular weight excluding hydrogens is 325 g/mol. The second kappa shape index (κ2) is 9.56. The molecule has 1 aromatic carbocycles. The van der Waals surface area contributed by atoms with E-state index in [1.165, 1.54) is 12.1 Å². The van der Waals surface area contributed by atoms with E-state index in [0.29, 0.717) is 25.9 Å². The summed E-state index contributed by atoms with van der Waals surface area (Å²) in [5, 5.41) is 12.8. The van der Waals surface area contributed by atoms with Crippen molar-refractivity contribution in [2.75, 3.05) is 6.61 Å². The lowest BCUT2D eigenvalue weighted by molar-refractivity contribution is -0.137. The van der Waals surface area contributed by atoms with Crippen molar-refractivity contribution in [3.63, 3.8) is 0 Å². The van der Waals surface area contributed by atoms with Crippen molar-refractivity contribution in [3.05, 3.63) is 54.4 Å². The predicted octanol–water partition coefficient (Wildman–Crippen LogP) is 3.45. The zero-order valence-corrected chi connectivity index (χ0v) is 14.1. The van der Waals surface area contributed by atoms with Crippen molar-refractivity contribution in [3.8, 4) is 0 Å². The smallest absolute Gasteiger partial charge is 0.303 e. The van der Waals surface area contributed by atoms with Gasteiger partial charge in [0, 0.05) is 18.8 Å². The van der Waals surface area contributed by atoms with Gasteiger partial charge in [-0.1, -0.05) is 17.3 Å². The van der Waals surface area contributed by atoms with Gasteiger partial charge in [-0.25, -0.2) is 9.37 Å². The van der Waals surface area contributed by atoms with E-state index in [1.54, 1.807) is 24.7 Å². The van der Waals surface area contributed by atoms with Gasteiger partial charge in [-0.05, 0) is 43.9 Å². The van der Waals surface area contributed by atoms with E-state index < -0.39 is 5.97 Å². The van der Waals surface area contributed by atoms with E-state index >= 15 is 0 Å². The number of carboxylic acids is 1. The zero-order chi connectivity index (χ0) is 18.1. The first kappa shape index (κ1) is 18.6. The number of carbonyl (C=O) groups is 1. The molecule has 2 aromatic rings. The van der Waals surface area contributed by atoms with E-state index in [9.17, 15) is 9.18 Å². The summed E-state index contributed by atoms with van der Waals surface area (Å²) in [5.74, 6) is -1.07. The quantitative estimate of drug-likeness (QED) is 0.406. The average Bonchev–Trinajstić information content (AvgIpc) is 3.11. The van der Waals surface area contributed by atoms with E-state index in [4.69, 9.17) is 9.94 Å². The Hall–Kier alpha value is -2.70. The number of imidazole rings is 1. The van der Waals surface area contributed by atoms with Crippen molar-refractivity contribution >= 4 is 11.7 Å². The molecule has 134 valence electrons. The van der Waals surface area contributed by atoms with E-state index in [0.717, 1.165) is 11.3 Å². The molecule has 0 fully saturated rings. The number of hydrogen-bond acceptors (Lipinski definition) is 4. The highest BCUT2D eigenvalue weighted by atomic mass is 19.1. The standard InChI is InChI=1S/C18H22FN3O3/c1-14(21-25-11-3-2-4-18(23)24)17(22-10-9-20-13-22)12-15-5-7-16(19)8-6-15/h5-10,13,17H,2-4,11-12H2,1H3,(H,23,24)/b21-14-. The van der Waals surface area contributed by atoms with Gasteiger partial charge in [0.25, 0.3) is 0 Å². The molecule has 1 unspecified atom stereocenters. The molecule has 2 rings (SSSR count). The maximum absolute atomic E-state index is 13.1. The van der Waals surface area contributed by atoms with Crippen LogP contribution in [0.5, 0.6) is 0 Å². The highest BCUT2D eigenvalue weighted by Gasteiger charge is 2.16. The van der Waals surface area contributed by atoms with Crippen LogP contribution < -0.4 is 0 Å². The Morgan fingerprint density at radius 3 is 2.76 bits per heavy atom. The van der Waals surface area contributed by atoms with Gasteiger partial charge in [0.2, 0.25) is 0 Å². The Morgan fingerprint density at radius 1 is 1.36 bits per heavy atom. The third-order valence-corrected chi connectivity index (χ3v) is 3.79. The fraction of sp³-hybridized carbons (Fsp3) is 0.389. The Morgan fingerprint density at radius 2 is 2.12 bits per heavy atom. The Bertz CT molecular complexity index is 684. The zero-order valence-electron chi connectivity index (χ0n) is 14.1. The first-order chi connectivity index (χ1) is 12.1. The van der Waals surface area contributed by atoms with Gasteiger partial charge in [-0.2, -0.15) is 0 Å². The molecule has 0 saturated heterocycles. The summed E-state index contributed by atoms with van der Waals surface area (Å²) >= 11 is 0. The molecule has 25 heavy (non-hydrogen) atoms. The van der Waals surface area contributed by atoms with E-state index in [-0.39, 0.29) is 18.3 Å². The summed E-state index contributed by atoms with van der Waals surface area (Å²) < 4.78 is 15.0. The number of nitrogens with zero attached hydrogens (tertiary/aromatic N) is 3. The molecule has 0 aliphatic carbocycles. The molecule has 0 aliphatic heterocycles. The molecule has 0 aliphatic rings. The molecule has 0 bridgehead atoms. The number of benzene rings is 1. The van der Waals surface area contributed by atoms with Gasteiger partial charge < -0.3 is 14.5 Å². The van der Waals surface area contributed by atoms with Gasteiger partial charge in [-0.3, -0.25) is 4.79 Å². The lowest BCUT2D eigenvalue weighted by Crippen LogP contribution is -2.19. The van der Waals surface area contributed by atoms with Crippen LogP contribution in [-0.2, 0) is 16.1 Å². The molecule has 0 saturated carbocycles. The maximum atomic E-state index is 13.1. The fourth-order valence-corrected chi connectivity index (χ4v) is 2.42. The largest absolute Gasteiger partial charge is 0.481 e. The lowest BCUT2D eigenvalue weighted by Gasteiger charge is -2.18. The van der Waals surface area contributed by atoms with Gasteiger partial charge in [0.05, 0.1) is 18.1 Å². The van der Waals surface area contributed by atoms with Gasteiger partial charge in [0.1, 0.15) is 12.4 Å². The number of halogens is 1. The molecule has 6 nitrogen and oxygen atoms in total. The number of hydrogen-bond donors (Lipinski definition) is 1. The minimum Gasteiger partial charge on any atom is -0.481 e. The highest BCUT2D eigenvalue weighted by molar-refractivity contribution is 5.85. The summed E-state index contributed by atoms with van der Waals surface area (Å²) in [5.41, 5.74) is 1.75. The van der Waals surface area contributed by atoms with Crippen LogP contribution in [0.1, 0.15) is 37.8 Å². The molecular formula is C18H22FN3O3. The minimum atomic E-state index is -0.806. The maximum Gasteiger partial charge on any atom is 0.303 e. The van der Waals surface area contributed by atoms with Crippen LogP contribution in [0, 0.1) is 5.82 Å². The van der Waals surface area contributed by atoms with Crippen molar-refractivity contribution in [2.24, 2.45) is 5.16 Å². The van der Waals surface area contributed by atoms with Crippen LogP contribution in [0.4, 0.5) is 4.39 Å². The second-order valence-electron chi connectivity index (χ2n) is 5.77. The third-order valence-electron chi connectivity index (χ3n) is 3.79. The molecule has 1 heterocycles. The van der Waals surface area contributed by atoms with E-state index in [1.807, 2.05) is 17.7 Å². The number of carboxylic acid groups (broad SMARTS) is 1. The molecule has 1 atom stereocenters. The van der Waals surface area contributed by atoms with Crippen molar-refractivity contribution < 1.29 is 19.1 Å². The Balaban J connectivity index is 1.96. The molecule has 0 radical (unpaired) electrons. The fourth-order valence-electron chi connectivity index (χ4n) is 2.42. The summed E-state index contributed by atoms with van der Waals surface area (Å²) in [6.07, 6.45) is 7.21. The summed E-state index contributed by atoms with van der Waals surface area (Å²) in [4.78, 5) is 19.8. The van der Waals surface area contributed by atoms with Crippen LogP contribution in [0.3, 0.4) is 0 Å². The van der Waals surface area contributed by atoms with Crippen LogP contribution in [0.15, 0.2) is 48.1 Å². The average molecular weight is 347 g/mol. The monoisotopic (exact) mass is 347 g/mol. The number of aliphatic carboxylic acids is 1. The molecule has 1 N–H and O–H groups in total. The molecule has 0 amide bonds. The number of oxime groups is 1. The van der Waals surface area contributed by atoms with Gasteiger partial charge in [-0.15, -0.1) is 0 Å². The van der Waals surface area contributed by atoms with Crippen LogP contribution in [0.25, 0.3) is 0 Å². The van der Waals surface area contributed by atoms with Gasteiger partial charge in [0.15, 0.2) is 0 Å². The Labute approximate surface area is 145 Å². The van der Waals surface area contributed by atoms with Crippen molar-refractivity contribution in [2.45, 2.75) is 38.6 Å². The van der Waals surface area contributed by atoms with Crippen molar-refractivity contribution in [1.29, 1.82) is 0 Å². The van der Waals surface area contributed by atoms with Crippen LogP contribution in [-0.4, -0.2) is 32.9 Å². The minimum absolute atomic E-state index is 0.0908. The summed E-state index contributed by atoms with van der Waals surface area (Å²) in [6.45, 7) is 2.24. The first-order valence-electron chi connectivity index (χ1n) is 8.16. The van der Waals surface area contributed by atoms with Crippen molar-refractivity contribution in [1.82, 2.24) is 9.55 Å². The molecule has 1 aromatic heterocycles. The second-order valence-corrected chi connectivity index (χ2v) is 5.77. The summed E-state index contributed by atoms with van der Waals surface area (Å²) in [7, 11) is 0. The summed E-state index contributed by atoms with van der Waals surface area (Å²) in [6, 6.07) is 6.28. The number of rotatable bonds is 10. The molecule has 7 heteroatoms. The third kappa shape index (κ3) is 6.37. The van der Waals surface area contributed by atoms with Gasteiger partial charge >= 0.3 is 5.97 Å². The van der Waals surface area contributed by atoms with Crippen LogP contribution >= 0.6 is 0 Å². The first-order valence-corrected chi connectivity index (χ1v) is 8.16. The highest BCUT2D eigenvalue weighted by Crippen LogP contribution is 2.17. The SMILES string of the molecule is C/C(=N/OCCCCC(=O)O)C(Cc1ccc(F)cc1)n1ccnc1. The predicted molar refractivity (Wildman–Crippen MR) is 91.9 cm³/mol. The Kier molecular flexibility index (Phi) is 7.13. The topological polar surface area (TPSA) is 76.7 Å². The number of aromatic nitrogens is 2. The number of unbranched alkanes of at least 4 members (excludes halogenated alkanes) is 1. The normalized spacial score (nSPS) is 12.8. The van der Waals surface area contributed by atoms with Crippen LogP contribution in [0.2, 0.25) is 0 Å². The lowest BCUT2D eigenvalue weighted by atomic mass is 10.0.